The Morgan fingerprint density at radius 3 is 2.54 bits per heavy atom. The molecule has 0 aromatic rings. The average molecular weight is 183 g/mol. The minimum atomic E-state index is -0.781. The van der Waals surface area contributed by atoms with Crippen molar-refractivity contribution in [3.63, 3.8) is 0 Å². The summed E-state index contributed by atoms with van der Waals surface area (Å²) in [5.41, 5.74) is 0.763. The van der Waals surface area contributed by atoms with Crippen molar-refractivity contribution in [2.45, 2.75) is 51.5 Å². The Morgan fingerprint density at radius 2 is 2.00 bits per heavy atom. The fourth-order valence-electron chi connectivity index (χ4n) is 1.79. The van der Waals surface area contributed by atoms with Gasteiger partial charge in [0.2, 0.25) is 0 Å². The first-order chi connectivity index (χ1) is 6.18. The summed E-state index contributed by atoms with van der Waals surface area (Å²) in [4.78, 5) is 14.8. The molecule has 3 nitrogen and oxygen atoms in total. The fraction of sp³-hybridized carbons (Fsp3) is 0.800. The summed E-state index contributed by atoms with van der Waals surface area (Å²) in [6.45, 7) is 1.81. The molecule has 0 amide bonds. The molecule has 0 aromatic heterocycles. The van der Waals surface area contributed by atoms with Crippen LogP contribution in [0.1, 0.15) is 45.4 Å². The average Bonchev–Trinajstić information content (AvgIpc) is 2.04. The third-order valence-electron chi connectivity index (χ3n) is 2.38. The van der Waals surface area contributed by atoms with Crippen molar-refractivity contribution in [3.8, 4) is 0 Å². The predicted octanol–water partition coefficient (Wildman–Crippen LogP) is 2.25. The third kappa shape index (κ3) is 4.06. The van der Waals surface area contributed by atoms with E-state index < -0.39 is 5.97 Å². The molecule has 1 N–H and O–H groups in total. The minimum absolute atomic E-state index is 0.0938. The molecule has 0 atom stereocenters. The second kappa shape index (κ2) is 5.00. The second-order valence-electron chi connectivity index (χ2n) is 3.73. The normalized spacial score (nSPS) is 20.2. The van der Waals surface area contributed by atoms with E-state index in [0.29, 0.717) is 6.04 Å². The summed E-state index contributed by atoms with van der Waals surface area (Å²) >= 11 is 0. The van der Waals surface area contributed by atoms with Gasteiger partial charge in [-0.1, -0.05) is 19.3 Å². The molecule has 0 bridgehead atoms. The highest BCUT2D eigenvalue weighted by atomic mass is 16.4. The summed E-state index contributed by atoms with van der Waals surface area (Å²) in [7, 11) is 0. The van der Waals surface area contributed by atoms with Crippen LogP contribution >= 0.6 is 0 Å². The van der Waals surface area contributed by atoms with Crippen molar-refractivity contribution in [1.82, 2.24) is 0 Å². The number of nitrogens with zero attached hydrogens (tertiary/aromatic N) is 1. The molecule has 0 aromatic carbocycles. The van der Waals surface area contributed by atoms with Crippen LogP contribution in [0.3, 0.4) is 0 Å². The van der Waals surface area contributed by atoms with Crippen LogP contribution in [0, 0.1) is 0 Å². The lowest BCUT2D eigenvalue weighted by Crippen LogP contribution is -2.13. The van der Waals surface area contributed by atoms with Gasteiger partial charge in [0.25, 0.3) is 0 Å². The molecule has 0 heterocycles. The van der Waals surface area contributed by atoms with Gasteiger partial charge in [-0.05, 0) is 19.8 Å². The Kier molecular flexibility index (Phi) is 3.93. The first-order valence-electron chi connectivity index (χ1n) is 4.93. The molecule has 0 saturated heterocycles. The number of aliphatic carboxylic acids is 1. The van der Waals surface area contributed by atoms with Crippen LogP contribution in [0.2, 0.25) is 0 Å². The molecule has 1 saturated carbocycles. The number of aliphatic imine (C=N–C) groups is 1. The van der Waals surface area contributed by atoms with Crippen LogP contribution in [0.4, 0.5) is 0 Å². The summed E-state index contributed by atoms with van der Waals surface area (Å²) in [5.74, 6) is -0.781. The van der Waals surface area contributed by atoms with Gasteiger partial charge in [0, 0.05) is 11.8 Å². The van der Waals surface area contributed by atoms with E-state index in [1.165, 1.54) is 19.3 Å². The van der Waals surface area contributed by atoms with Gasteiger partial charge in [-0.15, -0.1) is 0 Å². The number of carbonyl (C=O) groups is 1. The van der Waals surface area contributed by atoms with Crippen molar-refractivity contribution in [2.75, 3.05) is 0 Å². The number of carboxylic acid groups (broad SMARTS) is 1. The highest BCUT2D eigenvalue weighted by Crippen LogP contribution is 2.20. The van der Waals surface area contributed by atoms with Crippen molar-refractivity contribution in [2.24, 2.45) is 4.99 Å². The standard InChI is InChI=1S/C10H17NO2/c1-8(7-10(12)13)11-9-5-3-2-4-6-9/h9H,2-7H2,1H3,(H,12,13). The van der Waals surface area contributed by atoms with E-state index >= 15 is 0 Å². The maximum absolute atomic E-state index is 10.4. The number of rotatable bonds is 3. The maximum Gasteiger partial charge on any atom is 0.309 e. The van der Waals surface area contributed by atoms with Gasteiger partial charge in [-0.25, -0.2) is 0 Å². The van der Waals surface area contributed by atoms with E-state index in [0.717, 1.165) is 18.6 Å². The zero-order valence-electron chi connectivity index (χ0n) is 8.12. The molecule has 0 spiro atoms. The van der Waals surface area contributed by atoms with Crippen LogP contribution in [0.25, 0.3) is 0 Å². The molecule has 1 aliphatic carbocycles. The Bertz CT molecular complexity index is 205. The highest BCUT2D eigenvalue weighted by molar-refractivity contribution is 5.96. The second-order valence-corrected chi connectivity index (χ2v) is 3.73. The molecule has 1 fully saturated rings. The smallest absolute Gasteiger partial charge is 0.309 e. The van der Waals surface area contributed by atoms with Gasteiger partial charge >= 0.3 is 5.97 Å². The van der Waals surface area contributed by atoms with Crippen LogP contribution in [-0.2, 0) is 4.79 Å². The Labute approximate surface area is 78.9 Å². The maximum atomic E-state index is 10.4. The zero-order chi connectivity index (χ0) is 9.68. The first-order valence-corrected chi connectivity index (χ1v) is 4.93. The minimum Gasteiger partial charge on any atom is -0.481 e. The topological polar surface area (TPSA) is 49.7 Å². The van der Waals surface area contributed by atoms with Gasteiger partial charge in [-0.2, -0.15) is 0 Å². The molecule has 0 radical (unpaired) electrons. The number of hydrogen-bond donors (Lipinski definition) is 1. The summed E-state index contributed by atoms with van der Waals surface area (Å²) in [6, 6.07) is 0.396. The molecular formula is C10H17NO2. The van der Waals surface area contributed by atoms with Crippen molar-refractivity contribution >= 4 is 11.7 Å². The van der Waals surface area contributed by atoms with E-state index in [1.54, 1.807) is 0 Å². The quantitative estimate of drug-likeness (QED) is 0.682. The van der Waals surface area contributed by atoms with E-state index in [2.05, 4.69) is 4.99 Å². The lowest BCUT2D eigenvalue weighted by atomic mass is 9.96. The number of hydrogen-bond acceptors (Lipinski definition) is 2. The van der Waals surface area contributed by atoms with Crippen molar-refractivity contribution < 1.29 is 9.90 Å². The van der Waals surface area contributed by atoms with E-state index in [4.69, 9.17) is 5.11 Å². The molecule has 74 valence electrons. The summed E-state index contributed by atoms with van der Waals surface area (Å²) < 4.78 is 0. The van der Waals surface area contributed by atoms with E-state index in [1.807, 2.05) is 6.92 Å². The van der Waals surface area contributed by atoms with Crippen molar-refractivity contribution in [3.05, 3.63) is 0 Å². The fourth-order valence-corrected chi connectivity index (χ4v) is 1.79. The van der Waals surface area contributed by atoms with Crippen molar-refractivity contribution in [1.29, 1.82) is 0 Å². The van der Waals surface area contributed by atoms with Crippen LogP contribution in [-0.4, -0.2) is 22.8 Å². The molecular weight excluding hydrogens is 166 g/mol. The molecule has 0 unspecified atom stereocenters. The zero-order valence-corrected chi connectivity index (χ0v) is 8.12. The van der Waals surface area contributed by atoms with Gasteiger partial charge in [0.1, 0.15) is 0 Å². The van der Waals surface area contributed by atoms with E-state index in [9.17, 15) is 4.79 Å². The molecule has 3 heteroatoms. The highest BCUT2D eigenvalue weighted by Gasteiger charge is 2.12. The lowest BCUT2D eigenvalue weighted by molar-refractivity contribution is -0.135. The monoisotopic (exact) mass is 183 g/mol. The summed E-state index contributed by atoms with van der Waals surface area (Å²) in [6.07, 6.45) is 6.16. The largest absolute Gasteiger partial charge is 0.481 e. The van der Waals surface area contributed by atoms with E-state index in [-0.39, 0.29) is 6.42 Å². The molecule has 0 aliphatic heterocycles. The third-order valence-corrected chi connectivity index (χ3v) is 2.38. The number of carboxylic acids is 1. The first kappa shape index (κ1) is 10.2. The van der Waals surface area contributed by atoms with Gasteiger partial charge in [-0.3, -0.25) is 9.79 Å². The Hall–Kier alpha value is -0.860. The predicted molar refractivity (Wildman–Crippen MR) is 52.2 cm³/mol. The SMILES string of the molecule is CC(CC(=O)O)=NC1CCCCC1. The molecule has 13 heavy (non-hydrogen) atoms. The van der Waals surface area contributed by atoms with Gasteiger partial charge < -0.3 is 5.11 Å². The van der Waals surface area contributed by atoms with Crippen LogP contribution < -0.4 is 0 Å². The molecule has 1 aliphatic rings. The molecule has 1 rings (SSSR count). The van der Waals surface area contributed by atoms with Crippen LogP contribution in [0.5, 0.6) is 0 Å². The summed E-state index contributed by atoms with van der Waals surface area (Å²) in [5, 5.41) is 8.53. The van der Waals surface area contributed by atoms with Gasteiger partial charge in [0.05, 0.1) is 6.42 Å². The Balaban J connectivity index is 2.38. The Morgan fingerprint density at radius 1 is 1.38 bits per heavy atom. The lowest BCUT2D eigenvalue weighted by Gasteiger charge is -2.18. The van der Waals surface area contributed by atoms with Gasteiger partial charge in [0.15, 0.2) is 0 Å². The van der Waals surface area contributed by atoms with Crippen LogP contribution in [0.15, 0.2) is 4.99 Å².